The van der Waals surface area contributed by atoms with Crippen LogP contribution >= 0.6 is 0 Å². The van der Waals surface area contributed by atoms with Crippen LogP contribution in [-0.4, -0.2) is 16.1 Å². The molecule has 0 spiro atoms. The van der Waals surface area contributed by atoms with E-state index in [1.165, 1.54) is 16.9 Å². The molecule has 0 radical (unpaired) electrons. The Labute approximate surface area is 164 Å². The van der Waals surface area contributed by atoms with E-state index in [1.54, 1.807) is 0 Å². The molecule has 1 unspecified atom stereocenters. The van der Waals surface area contributed by atoms with Crippen molar-refractivity contribution in [2.45, 2.75) is 25.4 Å². The molecule has 4 heteroatoms. The smallest absolute Gasteiger partial charge is 0.159 e. The Bertz CT molecular complexity index is 1220. The lowest BCUT2D eigenvalue weighted by Crippen LogP contribution is -2.46. The average Bonchev–Trinajstić information content (AvgIpc) is 3.21. The SMILES string of the molecule is CC1(C)c2ccccc2N2c3ncc4ccncc4c3N(c3ccccc3)C21. The molecule has 0 bridgehead atoms. The number of rotatable bonds is 1. The van der Waals surface area contributed by atoms with Gasteiger partial charge in [-0.2, -0.15) is 0 Å². The summed E-state index contributed by atoms with van der Waals surface area (Å²) in [4.78, 5) is 14.2. The van der Waals surface area contributed by atoms with Crippen LogP contribution < -0.4 is 9.80 Å². The van der Waals surface area contributed by atoms with Crippen molar-refractivity contribution < 1.29 is 0 Å². The van der Waals surface area contributed by atoms with Crippen molar-refractivity contribution in [2.75, 3.05) is 9.80 Å². The lowest BCUT2D eigenvalue weighted by atomic mass is 9.83. The molecule has 2 aliphatic rings. The molecule has 1 atom stereocenters. The van der Waals surface area contributed by atoms with Crippen molar-refractivity contribution in [1.82, 2.24) is 9.97 Å². The van der Waals surface area contributed by atoms with Crippen molar-refractivity contribution in [3.05, 3.63) is 84.8 Å². The minimum Gasteiger partial charge on any atom is -0.315 e. The zero-order valence-corrected chi connectivity index (χ0v) is 15.9. The molecule has 0 aliphatic carbocycles. The first kappa shape index (κ1) is 15.6. The van der Waals surface area contributed by atoms with Gasteiger partial charge in [0.05, 0.1) is 5.69 Å². The van der Waals surface area contributed by atoms with E-state index in [9.17, 15) is 0 Å². The van der Waals surface area contributed by atoms with Gasteiger partial charge < -0.3 is 9.80 Å². The van der Waals surface area contributed by atoms with Gasteiger partial charge in [0.2, 0.25) is 0 Å². The van der Waals surface area contributed by atoms with Crippen molar-refractivity contribution in [1.29, 1.82) is 0 Å². The third kappa shape index (κ3) is 1.84. The van der Waals surface area contributed by atoms with Crippen LogP contribution in [0.5, 0.6) is 0 Å². The molecule has 2 aromatic carbocycles. The van der Waals surface area contributed by atoms with Crippen molar-refractivity contribution >= 4 is 33.7 Å². The summed E-state index contributed by atoms with van der Waals surface area (Å²) in [6.07, 6.45) is 5.89. The molecule has 4 heterocycles. The maximum absolute atomic E-state index is 4.93. The van der Waals surface area contributed by atoms with Gasteiger partial charge in [-0.05, 0) is 29.8 Å². The molecule has 2 aromatic heterocycles. The van der Waals surface area contributed by atoms with Gasteiger partial charge >= 0.3 is 0 Å². The number of para-hydroxylation sites is 2. The van der Waals surface area contributed by atoms with Crippen LogP contribution in [0.3, 0.4) is 0 Å². The predicted molar refractivity (Wildman–Crippen MR) is 114 cm³/mol. The van der Waals surface area contributed by atoms with Gasteiger partial charge in [0, 0.05) is 46.2 Å². The fourth-order valence-corrected chi connectivity index (χ4v) is 4.91. The third-order valence-corrected chi connectivity index (χ3v) is 6.14. The molecule has 0 fully saturated rings. The van der Waals surface area contributed by atoms with Crippen molar-refractivity contribution in [3.63, 3.8) is 0 Å². The Morgan fingerprint density at radius 1 is 0.857 bits per heavy atom. The Morgan fingerprint density at radius 2 is 1.64 bits per heavy atom. The molecule has 6 rings (SSSR count). The zero-order chi connectivity index (χ0) is 18.9. The first-order valence-corrected chi connectivity index (χ1v) is 9.64. The number of fused-ring (bicyclic) bond motifs is 7. The molecule has 4 aromatic rings. The molecule has 2 aliphatic heterocycles. The van der Waals surface area contributed by atoms with E-state index in [1.807, 2.05) is 24.7 Å². The van der Waals surface area contributed by atoms with Gasteiger partial charge in [0.1, 0.15) is 6.17 Å². The molecule has 0 saturated carbocycles. The van der Waals surface area contributed by atoms with E-state index in [-0.39, 0.29) is 11.6 Å². The number of anilines is 4. The predicted octanol–water partition coefficient (Wildman–Crippen LogP) is 5.54. The van der Waals surface area contributed by atoms with Crippen molar-refractivity contribution in [3.8, 4) is 0 Å². The number of benzene rings is 2. The summed E-state index contributed by atoms with van der Waals surface area (Å²) in [6, 6.07) is 21.4. The number of hydrogen-bond donors (Lipinski definition) is 0. The lowest BCUT2D eigenvalue weighted by molar-refractivity contribution is 0.450. The topological polar surface area (TPSA) is 32.3 Å². The molecule has 4 nitrogen and oxygen atoms in total. The Hall–Kier alpha value is -3.40. The third-order valence-electron chi connectivity index (χ3n) is 6.14. The van der Waals surface area contributed by atoms with Gasteiger partial charge in [0.15, 0.2) is 5.82 Å². The fraction of sp³-hybridized carbons (Fsp3) is 0.167. The fourth-order valence-electron chi connectivity index (χ4n) is 4.91. The highest BCUT2D eigenvalue weighted by molar-refractivity contribution is 6.05. The van der Waals surface area contributed by atoms with Gasteiger partial charge in [-0.15, -0.1) is 0 Å². The highest BCUT2D eigenvalue weighted by Crippen LogP contribution is 2.59. The molecule has 28 heavy (non-hydrogen) atoms. The largest absolute Gasteiger partial charge is 0.315 e. The minimum absolute atomic E-state index is 0.0678. The normalized spacial score (nSPS) is 18.9. The van der Waals surface area contributed by atoms with E-state index in [0.717, 1.165) is 22.3 Å². The molecule has 0 amide bonds. The second kappa shape index (κ2) is 5.32. The van der Waals surface area contributed by atoms with Crippen molar-refractivity contribution in [2.24, 2.45) is 0 Å². The van der Waals surface area contributed by atoms with Crippen LogP contribution in [0.15, 0.2) is 79.3 Å². The second-order valence-electron chi connectivity index (χ2n) is 8.08. The van der Waals surface area contributed by atoms with Gasteiger partial charge in [-0.3, -0.25) is 4.98 Å². The van der Waals surface area contributed by atoms with Crippen LogP contribution in [0.2, 0.25) is 0 Å². The van der Waals surface area contributed by atoms with Gasteiger partial charge in [0.25, 0.3) is 0 Å². The summed E-state index contributed by atoms with van der Waals surface area (Å²) in [6.45, 7) is 4.66. The zero-order valence-electron chi connectivity index (χ0n) is 15.9. The van der Waals surface area contributed by atoms with Gasteiger partial charge in [-0.1, -0.05) is 50.2 Å². The Kier molecular flexibility index (Phi) is 2.97. The summed E-state index contributed by atoms with van der Waals surface area (Å²) >= 11 is 0. The standard InChI is InChI=1S/C24H20N4/c1-24(2)19-10-6-7-11-20(19)28-22-21(18-15-25-13-12-16(18)14-26-22)27(23(24)28)17-8-4-3-5-9-17/h3-15,23H,1-2H3. The summed E-state index contributed by atoms with van der Waals surface area (Å²) in [7, 11) is 0. The van der Waals surface area contributed by atoms with Crippen LogP contribution in [-0.2, 0) is 5.41 Å². The van der Waals surface area contributed by atoms with E-state index < -0.39 is 0 Å². The number of hydrogen-bond acceptors (Lipinski definition) is 4. The second-order valence-corrected chi connectivity index (χ2v) is 8.08. The number of pyridine rings is 2. The Morgan fingerprint density at radius 3 is 2.50 bits per heavy atom. The average molecular weight is 364 g/mol. The molecule has 136 valence electrons. The Balaban J connectivity index is 1.72. The van der Waals surface area contributed by atoms with E-state index in [4.69, 9.17) is 4.98 Å². The van der Waals surface area contributed by atoms with Crippen LogP contribution in [0.1, 0.15) is 19.4 Å². The quantitative estimate of drug-likeness (QED) is 0.444. The van der Waals surface area contributed by atoms with Crippen LogP contribution in [0, 0.1) is 0 Å². The molecular formula is C24H20N4. The summed E-state index contributed by atoms with van der Waals surface area (Å²) in [5, 5.41) is 2.25. The monoisotopic (exact) mass is 364 g/mol. The minimum atomic E-state index is -0.0678. The van der Waals surface area contributed by atoms with E-state index in [0.29, 0.717) is 0 Å². The maximum atomic E-state index is 4.93. The van der Waals surface area contributed by atoms with E-state index >= 15 is 0 Å². The van der Waals surface area contributed by atoms with Crippen LogP contribution in [0.4, 0.5) is 22.9 Å². The highest BCUT2D eigenvalue weighted by atomic mass is 15.5. The maximum Gasteiger partial charge on any atom is 0.159 e. The summed E-state index contributed by atoms with van der Waals surface area (Å²) in [5.74, 6) is 1.01. The molecule has 0 N–H and O–H groups in total. The highest BCUT2D eigenvalue weighted by Gasteiger charge is 2.54. The van der Waals surface area contributed by atoms with Gasteiger partial charge in [-0.25, -0.2) is 4.98 Å². The van der Waals surface area contributed by atoms with E-state index in [2.05, 4.69) is 83.2 Å². The van der Waals surface area contributed by atoms with Crippen LogP contribution in [0.25, 0.3) is 10.8 Å². The lowest BCUT2D eigenvalue weighted by Gasteiger charge is -2.36. The molecular weight excluding hydrogens is 344 g/mol. The first-order valence-electron chi connectivity index (χ1n) is 9.64. The summed E-state index contributed by atoms with van der Waals surface area (Å²) in [5.41, 5.74) is 4.86. The number of aromatic nitrogens is 2. The number of nitrogens with zero attached hydrogens (tertiary/aromatic N) is 4. The summed E-state index contributed by atoms with van der Waals surface area (Å²) < 4.78 is 0. The first-order chi connectivity index (χ1) is 13.7. The molecule has 0 saturated heterocycles.